The third kappa shape index (κ3) is 3.71. The van der Waals surface area contributed by atoms with E-state index in [-0.39, 0.29) is 23.4 Å². The summed E-state index contributed by atoms with van der Waals surface area (Å²) >= 11 is 0. The quantitative estimate of drug-likeness (QED) is 0.439. The highest BCUT2D eigenvalue weighted by molar-refractivity contribution is 6.15. The van der Waals surface area contributed by atoms with Crippen molar-refractivity contribution in [3.05, 3.63) is 52.8 Å². The van der Waals surface area contributed by atoms with Gasteiger partial charge in [-0.3, -0.25) is 9.59 Å². The number of hydrogen-bond acceptors (Lipinski definition) is 6. The van der Waals surface area contributed by atoms with Crippen molar-refractivity contribution in [2.45, 2.75) is 20.8 Å². The van der Waals surface area contributed by atoms with Crippen molar-refractivity contribution in [3.63, 3.8) is 0 Å². The first-order valence-electron chi connectivity index (χ1n) is 8.86. The van der Waals surface area contributed by atoms with Crippen LogP contribution in [0.3, 0.4) is 0 Å². The average Bonchev–Trinajstić information content (AvgIpc) is 2.97. The van der Waals surface area contributed by atoms with Gasteiger partial charge >= 0.3 is 5.97 Å². The minimum Gasteiger partial charge on any atom is -0.493 e. The summed E-state index contributed by atoms with van der Waals surface area (Å²) in [7, 11) is 3.11. The molecule has 6 nitrogen and oxygen atoms in total. The Morgan fingerprint density at radius 2 is 1.79 bits per heavy atom. The van der Waals surface area contributed by atoms with E-state index in [4.69, 9.17) is 18.9 Å². The SMILES string of the molecule is COc1ccc(C=C2Oc3cc(OC(=O)C(C)C)cc(C)c3C2=O)cc1OC. The monoisotopic (exact) mass is 382 g/mol. The molecule has 0 saturated carbocycles. The van der Waals surface area contributed by atoms with Gasteiger partial charge in [0.25, 0.3) is 0 Å². The van der Waals surface area contributed by atoms with E-state index in [9.17, 15) is 9.59 Å². The Morgan fingerprint density at radius 1 is 1.07 bits per heavy atom. The maximum absolute atomic E-state index is 12.8. The fourth-order valence-electron chi connectivity index (χ4n) is 2.86. The van der Waals surface area contributed by atoms with Crippen LogP contribution in [0, 0.1) is 12.8 Å². The molecule has 6 heteroatoms. The minimum absolute atomic E-state index is 0.192. The van der Waals surface area contributed by atoms with Gasteiger partial charge in [0.15, 0.2) is 17.3 Å². The highest BCUT2D eigenvalue weighted by Gasteiger charge is 2.30. The lowest BCUT2D eigenvalue weighted by molar-refractivity contribution is -0.137. The molecular weight excluding hydrogens is 360 g/mol. The number of allylic oxidation sites excluding steroid dienone is 1. The highest BCUT2D eigenvalue weighted by atomic mass is 16.5. The van der Waals surface area contributed by atoms with E-state index < -0.39 is 0 Å². The van der Waals surface area contributed by atoms with Crippen molar-refractivity contribution >= 4 is 17.8 Å². The molecule has 1 aliphatic heterocycles. The lowest BCUT2D eigenvalue weighted by Crippen LogP contribution is -2.14. The van der Waals surface area contributed by atoms with Gasteiger partial charge in [0.1, 0.15) is 11.5 Å². The molecule has 1 aliphatic rings. The molecule has 0 unspecified atom stereocenters. The van der Waals surface area contributed by atoms with Gasteiger partial charge in [-0.05, 0) is 42.3 Å². The highest BCUT2D eigenvalue weighted by Crippen LogP contribution is 2.38. The predicted molar refractivity (Wildman–Crippen MR) is 104 cm³/mol. The maximum Gasteiger partial charge on any atom is 0.313 e. The van der Waals surface area contributed by atoms with Gasteiger partial charge in [-0.2, -0.15) is 0 Å². The van der Waals surface area contributed by atoms with Crippen LogP contribution in [0.4, 0.5) is 0 Å². The Labute approximate surface area is 163 Å². The van der Waals surface area contributed by atoms with E-state index in [2.05, 4.69) is 0 Å². The molecule has 0 aliphatic carbocycles. The molecule has 0 amide bonds. The summed E-state index contributed by atoms with van der Waals surface area (Å²) in [5, 5.41) is 0. The van der Waals surface area contributed by atoms with Crippen LogP contribution in [-0.4, -0.2) is 26.0 Å². The average molecular weight is 382 g/mol. The van der Waals surface area contributed by atoms with Crippen molar-refractivity contribution in [3.8, 4) is 23.0 Å². The molecule has 1 heterocycles. The van der Waals surface area contributed by atoms with E-state index in [1.165, 1.54) is 0 Å². The van der Waals surface area contributed by atoms with Crippen molar-refractivity contribution in [2.75, 3.05) is 14.2 Å². The number of rotatable bonds is 5. The van der Waals surface area contributed by atoms with Crippen LogP contribution in [0.1, 0.15) is 35.3 Å². The first-order chi connectivity index (χ1) is 13.3. The van der Waals surface area contributed by atoms with E-state index in [0.29, 0.717) is 34.1 Å². The molecule has 0 spiro atoms. The first kappa shape index (κ1) is 19.5. The number of carbonyl (C=O) groups is 2. The number of ether oxygens (including phenoxy) is 4. The van der Waals surface area contributed by atoms with E-state index >= 15 is 0 Å². The summed E-state index contributed by atoms with van der Waals surface area (Å²) in [4.78, 5) is 24.6. The largest absolute Gasteiger partial charge is 0.493 e. The summed E-state index contributed by atoms with van der Waals surface area (Å²) in [6.07, 6.45) is 1.64. The van der Waals surface area contributed by atoms with Crippen LogP contribution < -0.4 is 18.9 Å². The third-order valence-corrected chi connectivity index (χ3v) is 4.34. The Kier molecular flexibility index (Phi) is 5.40. The lowest BCUT2D eigenvalue weighted by atomic mass is 10.0. The molecule has 3 rings (SSSR count). The summed E-state index contributed by atoms with van der Waals surface area (Å²) in [5.74, 6) is 1.26. The first-order valence-corrected chi connectivity index (χ1v) is 8.86. The lowest BCUT2D eigenvalue weighted by Gasteiger charge is -2.09. The Bertz CT molecular complexity index is 971. The second-order valence-corrected chi connectivity index (χ2v) is 6.74. The Balaban J connectivity index is 1.92. The Hall–Kier alpha value is -3.28. The number of hydrogen-bond donors (Lipinski definition) is 0. The van der Waals surface area contributed by atoms with Crippen molar-refractivity contribution in [1.29, 1.82) is 0 Å². The molecule has 2 aromatic rings. The van der Waals surface area contributed by atoms with Crippen LogP contribution in [0.15, 0.2) is 36.1 Å². The van der Waals surface area contributed by atoms with Crippen LogP contribution in [0.2, 0.25) is 0 Å². The molecule has 2 aromatic carbocycles. The van der Waals surface area contributed by atoms with E-state index in [1.807, 2.05) is 0 Å². The van der Waals surface area contributed by atoms with E-state index in [1.54, 1.807) is 71.4 Å². The second kappa shape index (κ2) is 7.76. The molecule has 0 bridgehead atoms. The van der Waals surface area contributed by atoms with Crippen molar-refractivity contribution < 1.29 is 28.5 Å². The number of fused-ring (bicyclic) bond motifs is 1. The zero-order valence-corrected chi connectivity index (χ0v) is 16.5. The molecule has 0 saturated heterocycles. The minimum atomic E-state index is -0.343. The normalized spacial score (nSPS) is 14.1. The number of benzene rings is 2. The van der Waals surface area contributed by atoms with Crippen LogP contribution in [0.5, 0.6) is 23.0 Å². The molecule has 0 aromatic heterocycles. The number of methoxy groups -OCH3 is 2. The zero-order chi connectivity index (χ0) is 20.4. The number of esters is 1. The summed E-state index contributed by atoms with van der Waals surface area (Å²) < 4.78 is 21.6. The van der Waals surface area contributed by atoms with Crippen LogP contribution >= 0.6 is 0 Å². The van der Waals surface area contributed by atoms with Gasteiger partial charge in [-0.1, -0.05) is 19.9 Å². The Morgan fingerprint density at radius 3 is 2.43 bits per heavy atom. The molecular formula is C22H22O6. The smallest absolute Gasteiger partial charge is 0.313 e. The number of Topliss-reactive ketones (excluding diaryl/α,β-unsaturated/α-hetero) is 1. The number of carbonyl (C=O) groups excluding carboxylic acids is 2. The van der Waals surface area contributed by atoms with Gasteiger partial charge in [0.05, 0.1) is 25.7 Å². The summed E-state index contributed by atoms with van der Waals surface area (Å²) in [5.41, 5.74) is 1.89. The molecule has 0 fully saturated rings. The standard InChI is InChI=1S/C22H22O6/c1-12(2)22(24)27-15-8-13(3)20-18(11-15)28-19(21(20)23)10-14-6-7-16(25-4)17(9-14)26-5/h6-12H,1-5H3. The number of ketones is 1. The van der Waals surface area contributed by atoms with Crippen molar-refractivity contribution in [1.82, 2.24) is 0 Å². The molecule has 0 atom stereocenters. The topological polar surface area (TPSA) is 71.1 Å². The number of aryl methyl sites for hydroxylation is 1. The predicted octanol–water partition coefficient (Wildman–Crippen LogP) is 4.19. The fourth-order valence-corrected chi connectivity index (χ4v) is 2.86. The molecule has 0 radical (unpaired) electrons. The summed E-state index contributed by atoms with van der Waals surface area (Å²) in [6.45, 7) is 5.30. The van der Waals surface area contributed by atoms with Gasteiger partial charge in [0, 0.05) is 6.07 Å². The van der Waals surface area contributed by atoms with Crippen LogP contribution in [-0.2, 0) is 4.79 Å². The van der Waals surface area contributed by atoms with Gasteiger partial charge in [-0.15, -0.1) is 0 Å². The van der Waals surface area contributed by atoms with Crippen LogP contribution in [0.25, 0.3) is 6.08 Å². The zero-order valence-electron chi connectivity index (χ0n) is 16.5. The maximum atomic E-state index is 12.8. The third-order valence-electron chi connectivity index (χ3n) is 4.34. The van der Waals surface area contributed by atoms with Gasteiger partial charge in [0.2, 0.25) is 5.78 Å². The summed E-state index contributed by atoms with van der Waals surface area (Å²) in [6, 6.07) is 8.55. The molecule has 146 valence electrons. The molecule has 0 N–H and O–H groups in total. The molecule has 28 heavy (non-hydrogen) atoms. The van der Waals surface area contributed by atoms with Gasteiger partial charge in [-0.25, -0.2) is 0 Å². The van der Waals surface area contributed by atoms with E-state index in [0.717, 1.165) is 5.56 Å². The van der Waals surface area contributed by atoms with Crippen molar-refractivity contribution in [2.24, 2.45) is 5.92 Å². The van der Waals surface area contributed by atoms with Gasteiger partial charge < -0.3 is 18.9 Å². The fraction of sp³-hybridized carbons (Fsp3) is 0.273. The second-order valence-electron chi connectivity index (χ2n) is 6.74.